The van der Waals surface area contributed by atoms with Crippen LogP contribution in [0.15, 0.2) is 23.8 Å². The summed E-state index contributed by atoms with van der Waals surface area (Å²) in [6.45, 7) is 5.29. The molecule has 82 valence electrons. The first-order chi connectivity index (χ1) is 7.50. The largest absolute Gasteiger partial charge is 0.269 e. The summed E-state index contributed by atoms with van der Waals surface area (Å²) in [7, 11) is 0. The van der Waals surface area contributed by atoms with Crippen LogP contribution in [0.2, 0.25) is 0 Å². The molecule has 0 aliphatic carbocycles. The van der Waals surface area contributed by atoms with Crippen molar-refractivity contribution >= 4 is 17.5 Å². The average molecular weight is 216 g/mol. The fourth-order valence-corrected chi connectivity index (χ4v) is 1.73. The van der Waals surface area contributed by atoms with Gasteiger partial charge in [0.25, 0.3) is 11.8 Å². The Morgan fingerprint density at radius 2 is 1.81 bits per heavy atom. The number of hydrogen-bond donors (Lipinski definition) is 0. The van der Waals surface area contributed by atoms with Crippen LogP contribution in [-0.4, -0.2) is 16.8 Å². The quantitative estimate of drug-likeness (QED) is 0.669. The summed E-state index contributed by atoms with van der Waals surface area (Å²) < 4.78 is 0. The van der Waals surface area contributed by atoms with E-state index in [1.807, 2.05) is 6.92 Å². The lowest BCUT2D eigenvalue weighted by Crippen LogP contribution is -2.31. The Bertz CT molecular complexity index is 518. The van der Waals surface area contributed by atoms with Crippen LogP contribution >= 0.6 is 0 Å². The highest BCUT2D eigenvalue weighted by molar-refractivity contribution is 6.30. The summed E-state index contributed by atoms with van der Waals surface area (Å²) >= 11 is 0. The number of rotatable bonds is 1. The molecule has 0 spiro atoms. The summed E-state index contributed by atoms with van der Waals surface area (Å²) in [5.74, 6) is -0.560. The maximum atomic E-state index is 11.8. The molecule has 16 heavy (non-hydrogen) atoms. The SMILES string of the molecule is CC1=CC(=O)N(c2ccc(C)nc2C)C1=O. The van der Waals surface area contributed by atoms with Crippen molar-refractivity contribution in [3.05, 3.63) is 35.2 Å². The zero-order valence-electron chi connectivity index (χ0n) is 9.44. The van der Waals surface area contributed by atoms with Gasteiger partial charge < -0.3 is 0 Å². The van der Waals surface area contributed by atoms with E-state index in [9.17, 15) is 9.59 Å². The fraction of sp³-hybridized carbons (Fsp3) is 0.250. The molecular formula is C12H12N2O2. The Hall–Kier alpha value is -1.97. The van der Waals surface area contributed by atoms with E-state index in [-0.39, 0.29) is 11.8 Å². The van der Waals surface area contributed by atoms with Crippen molar-refractivity contribution in [3.63, 3.8) is 0 Å². The van der Waals surface area contributed by atoms with Crippen LogP contribution in [0, 0.1) is 13.8 Å². The van der Waals surface area contributed by atoms with Gasteiger partial charge >= 0.3 is 0 Å². The van der Waals surface area contributed by atoms with Crippen LogP contribution in [-0.2, 0) is 9.59 Å². The van der Waals surface area contributed by atoms with Crippen LogP contribution in [0.5, 0.6) is 0 Å². The number of aryl methyl sites for hydroxylation is 2. The van der Waals surface area contributed by atoms with Crippen molar-refractivity contribution in [1.29, 1.82) is 0 Å². The van der Waals surface area contributed by atoms with Crippen LogP contribution in [0.1, 0.15) is 18.3 Å². The van der Waals surface area contributed by atoms with Crippen LogP contribution in [0.25, 0.3) is 0 Å². The number of nitrogens with zero attached hydrogens (tertiary/aromatic N) is 2. The second-order valence-electron chi connectivity index (χ2n) is 3.86. The molecule has 0 fully saturated rings. The Labute approximate surface area is 93.6 Å². The van der Waals surface area contributed by atoms with Gasteiger partial charge in [-0.3, -0.25) is 14.6 Å². The normalized spacial score (nSPS) is 15.7. The van der Waals surface area contributed by atoms with Gasteiger partial charge in [-0.15, -0.1) is 0 Å². The summed E-state index contributed by atoms with van der Waals surface area (Å²) in [6.07, 6.45) is 1.35. The second-order valence-corrected chi connectivity index (χ2v) is 3.86. The lowest BCUT2D eigenvalue weighted by atomic mass is 10.2. The summed E-state index contributed by atoms with van der Waals surface area (Å²) in [5.41, 5.74) is 2.58. The van der Waals surface area contributed by atoms with E-state index in [0.29, 0.717) is 17.0 Å². The van der Waals surface area contributed by atoms with Crippen molar-refractivity contribution < 1.29 is 9.59 Å². The highest BCUT2D eigenvalue weighted by Crippen LogP contribution is 2.24. The molecule has 0 unspecified atom stereocenters. The van der Waals surface area contributed by atoms with Crippen LogP contribution in [0.3, 0.4) is 0 Å². The number of anilines is 1. The first-order valence-electron chi connectivity index (χ1n) is 5.01. The molecule has 1 aliphatic rings. The van der Waals surface area contributed by atoms with Crippen molar-refractivity contribution in [2.24, 2.45) is 0 Å². The van der Waals surface area contributed by atoms with Gasteiger partial charge in [0.05, 0.1) is 11.4 Å². The number of hydrogen-bond acceptors (Lipinski definition) is 3. The van der Waals surface area contributed by atoms with Gasteiger partial charge in [-0.1, -0.05) is 0 Å². The molecule has 0 radical (unpaired) electrons. The number of amides is 2. The standard InChI is InChI=1S/C12H12N2O2/c1-7-6-11(15)14(12(7)16)10-5-4-8(2)13-9(10)3/h4-6H,1-3H3. The molecule has 0 saturated carbocycles. The molecule has 0 aromatic carbocycles. The van der Waals surface area contributed by atoms with E-state index < -0.39 is 0 Å². The molecule has 2 rings (SSSR count). The van der Waals surface area contributed by atoms with E-state index >= 15 is 0 Å². The third kappa shape index (κ3) is 1.52. The van der Waals surface area contributed by atoms with E-state index in [4.69, 9.17) is 0 Å². The van der Waals surface area contributed by atoms with Gasteiger partial charge in [0.2, 0.25) is 0 Å². The first-order valence-corrected chi connectivity index (χ1v) is 5.01. The molecule has 1 aliphatic heterocycles. The predicted octanol–water partition coefficient (Wildman–Crippen LogP) is 1.52. The van der Waals surface area contributed by atoms with Crippen molar-refractivity contribution in [1.82, 2.24) is 4.98 Å². The summed E-state index contributed by atoms with van der Waals surface area (Å²) in [4.78, 5) is 28.8. The number of carbonyl (C=O) groups is 2. The third-order valence-corrected chi connectivity index (χ3v) is 2.54. The molecule has 1 aromatic heterocycles. The van der Waals surface area contributed by atoms with E-state index in [1.165, 1.54) is 6.08 Å². The van der Waals surface area contributed by atoms with Gasteiger partial charge in [-0.05, 0) is 32.9 Å². The first kappa shape index (κ1) is 10.5. The minimum atomic E-state index is -0.295. The number of carbonyl (C=O) groups excluding carboxylic acids is 2. The minimum Gasteiger partial charge on any atom is -0.269 e. The van der Waals surface area contributed by atoms with Gasteiger partial charge in [0, 0.05) is 17.3 Å². The zero-order valence-corrected chi connectivity index (χ0v) is 9.44. The van der Waals surface area contributed by atoms with E-state index in [1.54, 1.807) is 26.0 Å². The van der Waals surface area contributed by atoms with Crippen molar-refractivity contribution in [2.45, 2.75) is 20.8 Å². The Kier molecular flexibility index (Phi) is 2.34. The predicted molar refractivity (Wildman–Crippen MR) is 60.0 cm³/mol. The van der Waals surface area contributed by atoms with Crippen molar-refractivity contribution in [3.8, 4) is 0 Å². The number of imide groups is 1. The molecule has 2 amide bonds. The maximum absolute atomic E-state index is 11.8. The zero-order chi connectivity index (χ0) is 11.9. The highest BCUT2D eigenvalue weighted by Gasteiger charge is 2.30. The Morgan fingerprint density at radius 3 is 2.31 bits per heavy atom. The highest BCUT2D eigenvalue weighted by atomic mass is 16.2. The smallest absolute Gasteiger partial charge is 0.261 e. The van der Waals surface area contributed by atoms with Gasteiger partial charge in [0.1, 0.15) is 0 Å². The molecule has 0 atom stereocenters. The summed E-state index contributed by atoms with van der Waals surface area (Å²) in [6, 6.07) is 3.54. The van der Waals surface area contributed by atoms with Gasteiger partial charge in [-0.2, -0.15) is 0 Å². The lowest BCUT2D eigenvalue weighted by Gasteiger charge is -2.16. The van der Waals surface area contributed by atoms with Crippen molar-refractivity contribution in [2.75, 3.05) is 4.90 Å². The monoisotopic (exact) mass is 216 g/mol. The second kappa shape index (κ2) is 3.56. The molecular weight excluding hydrogens is 204 g/mol. The number of pyridine rings is 1. The fourth-order valence-electron chi connectivity index (χ4n) is 1.73. The molecule has 4 heteroatoms. The molecule has 0 bridgehead atoms. The molecule has 0 N–H and O–H groups in total. The van der Waals surface area contributed by atoms with E-state index in [2.05, 4.69) is 4.98 Å². The summed E-state index contributed by atoms with van der Waals surface area (Å²) in [5, 5.41) is 0. The van der Waals surface area contributed by atoms with Gasteiger partial charge in [0.15, 0.2) is 0 Å². The topological polar surface area (TPSA) is 50.3 Å². The minimum absolute atomic E-state index is 0.265. The lowest BCUT2D eigenvalue weighted by molar-refractivity contribution is -0.120. The van der Waals surface area contributed by atoms with E-state index in [0.717, 1.165) is 10.6 Å². The molecule has 4 nitrogen and oxygen atoms in total. The molecule has 1 aromatic rings. The van der Waals surface area contributed by atoms with Crippen LogP contribution in [0.4, 0.5) is 5.69 Å². The average Bonchev–Trinajstić information content (AvgIpc) is 2.43. The third-order valence-electron chi connectivity index (χ3n) is 2.54. The molecule has 2 heterocycles. The Morgan fingerprint density at radius 1 is 1.12 bits per heavy atom. The van der Waals surface area contributed by atoms with Crippen LogP contribution < -0.4 is 4.90 Å². The maximum Gasteiger partial charge on any atom is 0.261 e. The Balaban J connectivity index is 2.47. The number of aromatic nitrogens is 1. The molecule has 0 saturated heterocycles. The van der Waals surface area contributed by atoms with Gasteiger partial charge in [-0.25, -0.2) is 4.90 Å².